The Hall–Kier alpha value is -3.54. The lowest BCUT2D eigenvalue weighted by atomic mass is 10.2. The Morgan fingerprint density at radius 3 is 2.31 bits per heavy atom. The number of nitrogens with zero attached hydrogens (tertiary/aromatic N) is 3. The van der Waals surface area contributed by atoms with Crippen LogP contribution in [0.2, 0.25) is 0 Å². The van der Waals surface area contributed by atoms with Crippen molar-refractivity contribution >= 4 is 17.6 Å². The van der Waals surface area contributed by atoms with Crippen molar-refractivity contribution < 1.29 is 14.3 Å². The Morgan fingerprint density at radius 1 is 0.962 bits per heavy atom. The van der Waals surface area contributed by atoms with Gasteiger partial charge in [0, 0.05) is 29.8 Å². The molecule has 0 aliphatic carbocycles. The van der Waals surface area contributed by atoms with Crippen molar-refractivity contribution in [2.45, 2.75) is 6.54 Å². The molecule has 0 fully saturated rings. The van der Waals surface area contributed by atoms with E-state index in [1.165, 1.54) is 13.3 Å². The largest absolute Gasteiger partial charge is 0.465 e. The Balaban J connectivity index is 1.89. The van der Waals surface area contributed by atoms with E-state index in [1.54, 1.807) is 41.6 Å². The summed E-state index contributed by atoms with van der Waals surface area (Å²) in [4.78, 5) is 34.4. The zero-order valence-electron chi connectivity index (χ0n) is 14.2. The van der Waals surface area contributed by atoms with Gasteiger partial charge in [0.25, 0.3) is 5.91 Å². The standard InChI is InChI=1S/C20H17N3O3/c1-26-20(25)16-7-8-17(22-13-16)14-23(18-5-3-2-4-6-18)19(24)15-9-11-21-12-10-15/h2-13H,14H2,1H3. The second kappa shape index (κ2) is 8.02. The highest BCUT2D eigenvalue weighted by Gasteiger charge is 2.19. The Morgan fingerprint density at radius 2 is 1.69 bits per heavy atom. The van der Waals surface area contributed by atoms with E-state index in [-0.39, 0.29) is 12.5 Å². The fraction of sp³-hybridized carbons (Fsp3) is 0.100. The number of carbonyl (C=O) groups is 2. The third-order valence-corrected chi connectivity index (χ3v) is 3.81. The molecule has 130 valence electrons. The van der Waals surface area contributed by atoms with Crippen molar-refractivity contribution in [3.05, 3.63) is 90.0 Å². The van der Waals surface area contributed by atoms with Crippen LogP contribution in [0.5, 0.6) is 0 Å². The van der Waals surface area contributed by atoms with Gasteiger partial charge in [-0.3, -0.25) is 14.8 Å². The van der Waals surface area contributed by atoms with E-state index in [0.717, 1.165) is 5.69 Å². The van der Waals surface area contributed by atoms with Crippen LogP contribution in [0, 0.1) is 0 Å². The third-order valence-electron chi connectivity index (χ3n) is 3.81. The minimum absolute atomic E-state index is 0.155. The highest BCUT2D eigenvalue weighted by molar-refractivity contribution is 6.05. The number of amides is 1. The zero-order valence-corrected chi connectivity index (χ0v) is 14.2. The summed E-state index contributed by atoms with van der Waals surface area (Å²) in [6, 6.07) is 16.0. The number of hydrogen-bond acceptors (Lipinski definition) is 5. The van der Waals surface area contributed by atoms with Gasteiger partial charge in [-0.2, -0.15) is 0 Å². The summed E-state index contributed by atoms with van der Waals surface area (Å²) in [5, 5.41) is 0. The third kappa shape index (κ3) is 3.92. The number of carbonyl (C=O) groups excluding carboxylic acids is 2. The molecule has 0 aliphatic rings. The molecule has 1 amide bonds. The van der Waals surface area contributed by atoms with Crippen molar-refractivity contribution in [1.82, 2.24) is 9.97 Å². The van der Waals surface area contributed by atoms with Crippen molar-refractivity contribution in [2.75, 3.05) is 12.0 Å². The van der Waals surface area contributed by atoms with Crippen LogP contribution in [0.4, 0.5) is 5.69 Å². The smallest absolute Gasteiger partial charge is 0.339 e. The molecule has 2 aromatic heterocycles. The fourth-order valence-corrected chi connectivity index (χ4v) is 2.46. The van der Waals surface area contributed by atoms with Gasteiger partial charge in [0.15, 0.2) is 0 Å². The molecule has 0 radical (unpaired) electrons. The lowest BCUT2D eigenvalue weighted by molar-refractivity contribution is 0.0600. The van der Waals surface area contributed by atoms with Crippen LogP contribution >= 0.6 is 0 Å². The minimum Gasteiger partial charge on any atom is -0.465 e. The van der Waals surface area contributed by atoms with Crippen molar-refractivity contribution in [3.8, 4) is 0 Å². The first-order chi connectivity index (χ1) is 12.7. The maximum atomic E-state index is 13.0. The molecule has 1 aromatic carbocycles. The summed E-state index contributed by atoms with van der Waals surface area (Å²) >= 11 is 0. The number of rotatable bonds is 5. The van der Waals surface area contributed by atoms with Crippen LogP contribution < -0.4 is 4.90 Å². The van der Waals surface area contributed by atoms with E-state index >= 15 is 0 Å². The topological polar surface area (TPSA) is 72.4 Å². The van der Waals surface area contributed by atoms with Crippen molar-refractivity contribution in [3.63, 3.8) is 0 Å². The summed E-state index contributed by atoms with van der Waals surface area (Å²) in [5.74, 6) is -0.603. The van der Waals surface area contributed by atoms with Gasteiger partial charge in [-0.15, -0.1) is 0 Å². The number of benzene rings is 1. The average Bonchev–Trinajstić information content (AvgIpc) is 2.72. The van der Waals surface area contributed by atoms with Gasteiger partial charge < -0.3 is 9.64 Å². The molecule has 2 heterocycles. The Kier molecular flexibility index (Phi) is 5.34. The number of esters is 1. The molecule has 0 N–H and O–H groups in total. The summed E-state index contributed by atoms with van der Waals surface area (Å²) in [5.41, 5.74) is 2.31. The van der Waals surface area contributed by atoms with Crippen LogP contribution in [0.3, 0.4) is 0 Å². The normalized spacial score (nSPS) is 10.2. The molecule has 3 aromatic rings. The summed E-state index contributed by atoms with van der Waals surface area (Å²) < 4.78 is 4.67. The molecular weight excluding hydrogens is 330 g/mol. The van der Waals surface area contributed by atoms with E-state index in [4.69, 9.17) is 0 Å². The number of hydrogen-bond donors (Lipinski definition) is 0. The maximum absolute atomic E-state index is 13.0. The monoisotopic (exact) mass is 347 g/mol. The zero-order chi connectivity index (χ0) is 18.4. The van der Waals surface area contributed by atoms with Crippen LogP contribution in [0.1, 0.15) is 26.4 Å². The lowest BCUT2D eigenvalue weighted by Gasteiger charge is -2.22. The van der Waals surface area contributed by atoms with E-state index in [1.807, 2.05) is 30.3 Å². The van der Waals surface area contributed by atoms with Gasteiger partial charge in [-0.25, -0.2) is 4.79 Å². The molecule has 26 heavy (non-hydrogen) atoms. The van der Waals surface area contributed by atoms with Gasteiger partial charge in [0.05, 0.1) is 24.9 Å². The molecule has 0 aliphatic heterocycles. The van der Waals surface area contributed by atoms with Gasteiger partial charge in [-0.1, -0.05) is 18.2 Å². The summed E-state index contributed by atoms with van der Waals surface area (Å²) in [7, 11) is 1.32. The molecule has 0 atom stereocenters. The molecule has 3 rings (SSSR count). The molecular formula is C20H17N3O3. The number of para-hydroxylation sites is 1. The van der Waals surface area contributed by atoms with E-state index in [9.17, 15) is 9.59 Å². The molecule has 6 heteroatoms. The number of ether oxygens (including phenoxy) is 1. The lowest BCUT2D eigenvalue weighted by Crippen LogP contribution is -2.30. The Bertz CT molecular complexity index is 881. The quantitative estimate of drug-likeness (QED) is 0.663. The van der Waals surface area contributed by atoms with Gasteiger partial charge in [0.1, 0.15) is 0 Å². The SMILES string of the molecule is COC(=O)c1ccc(CN(C(=O)c2ccncc2)c2ccccc2)nc1. The van der Waals surface area contributed by atoms with E-state index < -0.39 is 5.97 Å². The number of aromatic nitrogens is 2. The summed E-state index contributed by atoms with van der Waals surface area (Å²) in [6.45, 7) is 0.270. The van der Waals surface area contributed by atoms with E-state index in [2.05, 4.69) is 14.7 Å². The minimum atomic E-state index is -0.447. The molecule has 0 saturated carbocycles. The van der Waals surface area contributed by atoms with Crippen molar-refractivity contribution in [2.24, 2.45) is 0 Å². The number of pyridine rings is 2. The Labute approximate surface area is 151 Å². The van der Waals surface area contributed by atoms with E-state index in [0.29, 0.717) is 16.8 Å². The molecule has 0 bridgehead atoms. The summed E-state index contributed by atoms with van der Waals surface area (Å²) in [6.07, 6.45) is 4.61. The molecule has 0 spiro atoms. The highest BCUT2D eigenvalue weighted by atomic mass is 16.5. The van der Waals surface area contributed by atoms with Gasteiger partial charge in [-0.05, 0) is 36.4 Å². The van der Waals surface area contributed by atoms with Crippen LogP contribution in [0.15, 0.2) is 73.2 Å². The first-order valence-electron chi connectivity index (χ1n) is 7.99. The highest BCUT2D eigenvalue weighted by Crippen LogP contribution is 2.19. The average molecular weight is 347 g/mol. The van der Waals surface area contributed by atoms with Crippen LogP contribution in [-0.2, 0) is 11.3 Å². The first kappa shape index (κ1) is 17.3. The van der Waals surface area contributed by atoms with Crippen molar-refractivity contribution in [1.29, 1.82) is 0 Å². The predicted octanol–water partition coefficient (Wildman–Crippen LogP) is 3.11. The predicted molar refractivity (Wildman–Crippen MR) is 96.8 cm³/mol. The van der Waals surface area contributed by atoms with Crippen LogP contribution in [-0.4, -0.2) is 29.0 Å². The van der Waals surface area contributed by atoms with Crippen LogP contribution in [0.25, 0.3) is 0 Å². The maximum Gasteiger partial charge on any atom is 0.339 e. The number of methoxy groups -OCH3 is 1. The second-order valence-electron chi connectivity index (χ2n) is 5.49. The van der Waals surface area contributed by atoms with Gasteiger partial charge >= 0.3 is 5.97 Å². The molecule has 6 nitrogen and oxygen atoms in total. The molecule has 0 saturated heterocycles. The molecule has 0 unspecified atom stereocenters. The second-order valence-corrected chi connectivity index (χ2v) is 5.49. The van der Waals surface area contributed by atoms with Gasteiger partial charge in [0.2, 0.25) is 0 Å². The fourth-order valence-electron chi connectivity index (χ4n) is 2.46. The number of anilines is 1. The first-order valence-corrected chi connectivity index (χ1v) is 7.99.